The van der Waals surface area contributed by atoms with Gasteiger partial charge in [-0.05, 0) is 49.9 Å². The second kappa shape index (κ2) is 8.30. The Morgan fingerprint density at radius 2 is 1.67 bits per heavy atom. The number of fused-ring (bicyclic) bond motifs is 1. The molecular weight excluding hydrogens is 393 g/mol. The fraction of sp³-hybridized carbons (Fsp3) is 0.318. The summed E-state index contributed by atoms with van der Waals surface area (Å²) in [7, 11) is 0. The number of alkyl halides is 3. The number of carbonyl (C=O) groups excluding carboxylic acids is 1. The summed E-state index contributed by atoms with van der Waals surface area (Å²) in [6, 6.07) is 13.1. The molecule has 1 saturated carbocycles. The highest BCUT2D eigenvalue weighted by Gasteiger charge is 2.33. The molecule has 1 aliphatic rings. The lowest BCUT2D eigenvalue weighted by atomic mass is 9.90. The molecule has 0 unspecified atom stereocenters. The van der Waals surface area contributed by atoms with Crippen LogP contribution < -0.4 is 10.6 Å². The number of nitrogens with one attached hydrogen (secondary N) is 2. The molecule has 1 fully saturated rings. The van der Waals surface area contributed by atoms with Crippen LogP contribution >= 0.6 is 0 Å². The van der Waals surface area contributed by atoms with Crippen molar-refractivity contribution in [2.24, 2.45) is 0 Å². The van der Waals surface area contributed by atoms with Crippen molar-refractivity contribution in [1.82, 2.24) is 15.3 Å². The van der Waals surface area contributed by atoms with Crippen LogP contribution in [0.15, 0.2) is 54.7 Å². The van der Waals surface area contributed by atoms with Crippen LogP contribution in [0.2, 0.25) is 0 Å². The number of nitrogens with zero attached hydrogens (tertiary/aromatic N) is 2. The number of amides is 1. The highest BCUT2D eigenvalue weighted by molar-refractivity contribution is 5.92. The van der Waals surface area contributed by atoms with E-state index >= 15 is 0 Å². The van der Waals surface area contributed by atoms with E-state index in [-0.39, 0.29) is 18.0 Å². The van der Waals surface area contributed by atoms with E-state index in [2.05, 4.69) is 20.6 Å². The van der Waals surface area contributed by atoms with Gasteiger partial charge in [0.2, 0.25) is 0 Å². The van der Waals surface area contributed by atoms with Gasteiger partial charge in [0.05, 0.1) is 5.52 Å². The van der Waals surface area contributed by atoms with Gasteiger partial charge in [0.1, 0.15) is 11.4 Å². The monoisotopic (exact) mass is 414 g/mol. The van der Waals surface area contributed by atoms with Gasteiger partial charge in [-0.15, -0.1) is 0 Å². The van der Waals surface area contributed by atoms with E-state index in [1.165, 1.54) is 0 Å². The predicted octanol–water partition coefficient (Wildman–Crippen LogP) is 4.80. The number of benzene rings is 1. The Kier molecular flexibility index (Phi) is 5.57. The number of halogens is 3. The van der Waals surface area contributed by atoms with Crippen LogP contribution in [0.25, 0.3) is 10.9 Å². The third kappa shape index (κ3) is 4.53. The highest BCUT2D eigenvalue weighted by atomic mass is 19.4. The van der Waals surface area contributed by atoms with Crippen molar-refractivity contribution >= 4 is 22.5 Å². The van der Waals surface area contributed by atoms with Crippen molar-refractivity contribution in [1.29, 1.82) is 0 Å². The lowest BCUT2D eigenvalue weighted by molar-refractivity contribution is -0.140. The van der Waals surface area contributed by atoms with Gasteiger partial charge in [-0.1, -0.05) is 24.3 Å². The Bertz CT molecular complexity index is 1030. The molecule has 3 aromatic rings. The minimum Gasteiger partial charge on any atom is -0.382 e. The summed E-state index contributed by atoms with van der Waals surface area (Å²) in [5.74, 6) is -0.207. The largest absolute Gasteiger partial charge is 0.433 e. The Hall–Kier alpha value is -3.16. The van der Waals surface area contributed by atoms with E-state index in [1.54, 1.807) is 48.7 Å². The van der Waals surface area contributed by atoms with Gasteiger partial charge < -0.3 is 10.6 Å². The molecule has 4 rings (SSSR count). The van der Waals surface area contributed by atoms with Gasteiger partial charge in [0, 0.05) is 29.4 Å². The number of pyridine rings is 2. The van der Waals surface area contributed by atoms with E-state index in [4.69, 9.17) is 0 Å². The lowest BCUT2D eigenvalue weighted by Gasteiger charge is -2.30. The molecule has 0 aliphatic heterocycles. The van der Waals surface area contributed by atoms with E-state index < -0.39 is 11.9 Å². The Morgan fingerprint density at radius 1 is 0.967 bits per heavy atom. The first-order valence-electron chi connectivity index (χ1n) is 9.85. The molecule has 2 aromatic heterocycles. The topological polar surface area (TPSA) is 66.9 Å². The summed E-state index contributed by atoms with van der Waals surface area (Å²) in [6.07, 6.45) is 0.0327. The lowest BCUT2D eigenvalue weighted by Crippen LogP contribution is -2.40. The molecule has 2 N–H and O–H groups in total. The molecular formula is C22H21F3N4O. The summed E-state index contributed by atoms with van der Waals surface area (Å²) < 4.78 is 39.8. The summed E-state index contributed by atoms with van der Waals surface area (Å²) in [5.41, 5.74) is 0.223. The number of rotatable bonds is 4. The number of para-hydroxylation sites is 1. The fourth-order valence-electron chi connectivity index (χ4n) is 3.80. The summed E-state index contributed by atoms with van der Waals surface area (Å²) in [5, 5.41) is 6.93. The van der Waals surface area contributed by atoms with E-state index in [9.17, 15) is 18.0 Å². The first-order valence-corrected chi connectivity index (χ1v) is 9.85. The van der Waals surface area contributed by atoms with Crippen molar-refractivity contribution in [2.75, 3.05) is 5.32 Å². The zero-order valence-electron chi connectivity index (χ0n) is 16.1. The SMILES string of the molecule is O=C(N[C@H]1CC[C@@H](Nc2cc(C(F)(F)F)nc3ccccc23)CC1)c1ccccn1. The maximum atomic E-state index is 13.3. The van der Waals surface area contributed by atoms with Crippen LogP contribution in [0, 0.1) is 0 Å². The van der Waals surface area contributed by atoms with Gasteiger partial charge in [-0.2, -0.15) is 13.2 Å². The molecule has 0 spiro atoms. The van der Waals surface area contributed by atoms with Gasteiger partial charge in [-0.25, -0.2) is 4.98 Å². The minimum absolute atomic E-state index is 0.0254. The van der Waals surface area contributed by atoms with Crippen molar-refractivity contribution < 1.29 is 18.0 Å². The molecule has 1 aromatic carbocycles. The normalized spacial score (nSPS) is 19.4. The molecule has 5 nitrogen and oxygen atoms in total. The van der Waals surface area contributed by atoms with E-state index in [0.29, 0.717) is 22.3 Å². The van der Waals surface area contributed by atoms with Crippen molar-refractivity contribution in [3.63, 3.8) is 0 Å². The summed E-state index contributed by atoms with van der Waals surface area (Å²) in [6.45, 7) is 0. The highest BCUT2D eigenvalue weighted by Crippen LogP contribution is 2.34. The van der Waals surface area contributed by atoms with Crippen LogP contribution in [0.5, 0.6) is 0 Å². The third-order valence-electron chi connectivity index (χ3n) is 5.33. The van der Waals surface area contributed by atoms with Crippen molar-refractivity contribution in [3.05, 3.63) is 66.1 Å². The van der Waals surface area contributed by atoms with Crippen LogP contribution in [0.1, 0.15) is 41.9 Å². The zero-order chi connectivity index (χ0) is 21.1. The number of hydrogen-bond acceptors (Lipinski definition) is 4. The van der Waals surface area contributed by atoms with Gasteiger partial charge in [0.15, 0.2) is 0 Å². The molecule has 1 amide bonds. The first-order chi connectivity index (χ1) is 14.4. The van der Waals surface area contributed by atoms with E-state index in [0.717, 1.165) is 31.7 Å². The van der Waals surface area contributed by atoms with E-state index in [1.807, 2.05) is 0 Å². The fourth-order valence-corrected chi connectivity index (χ4v) is 3.80. The van der Waals surface area contributed by atoms with Crippen LogP contribution in [-0.4, -0.2) is 28.0 Å². The minimum atomic E-state index is -4.51. The third-order valence-corrected chi connectivity index (χ3v) is 5.33. The molecule has 156 valence electrons. The quantitative estimate of drug-likeness (QED) is 0.644. The Labute approximate surface area is 171 Å². The maximum absolute atomic E-state index is 13.3. The second-order valence-corrected chi connectivity index (χ2v) is 7.45. The molecule has 2 heterocycles. The van der Waals surface area contributed by atoms with Crippen molar-refractivity contribution in [2.45, 2.75) is 43.9 Å². The van der Waals surface area contributed by atoms with Gasteiger partial charge in [-0.3, -0.25) is 9.78 Å². The molecule has 30 heavy (non-hydrogen) atoms. The Balaban J connectivity index is 1.43. The molecule has 0 bridgehead atoms. The van der Waals surface area contributed by atoms with Crippen LogP contribution in [-0.2, 0) is 6.18 Å². The zero-order valence-corrected chi connectivity index (χ0v) is 16.1. The predicted molar refractivity (Wildman–Crippen MR) is 108 cm³/mol. The summed E-state index contributed by atoms with van der Waals surface area (Å²) in [4.78, 5) is 20.1. The molecule has 0 radical (unpaired) electrons. The average molecular weight is 414 g/mol. The Morgan fingerprint density at radius 3 is 2.37 bits per heavy atom. The molecule has 0 saturated heterocycles. The average Bonchev–Trinajstić information content (AvgIpc) is 2.75. The number of hydrogen-bond donors (Lipinski definition) is 2. The van der Waals surface area contributed by atoms with Crippen LogP contribution in [0.3, 0.4) is 0 Å². The van der Waals surface area contributed by atoms with Crippen molar-refractivity contribution in [3.8, 4) is 0 Å². The number of aromatic nitrogens is 2. The summed E-state index contributed by atoms with van der Waals surface area (Å²) >= 11 is 0. The second-order valence-electron chi connectivity index (χ2n) is 7.45. The van der Waals surface area contributed by atoms with Gasteiger partial charge in [0.25, 0.3) is 5.91 Å². The standard InChI is InChI=1S/C22H21F3N4O/c23-22(24,25)20-13-19(16-5-1-2-6-17(16)29-20)27-14-8-10-15(11-9-14)28-21(30)18-7-3-4-12-26-18/h1-7,12-15H,8-11H2,(H,27,29)(H,28,30)/t14-,15+. The van der Waals surface area contributed by atoms with Gasteiger partial charge >= 0.3 is 6.18 Å². The maximum Gasteiger partial charge on any atom is 0.433 e. The number of anilines is 1. The first kappa shape index (κ1) is 20.1. The smallest absolute Gasteiger partial charge is 0.382 e. The molecule has 0 atom stereocenters. The molecule has 1 aliphatic carbocycles. The van der Waals surface area contributed by atoms with Crippen LogP contribution in [0.4, 0.5) is 18.9 Å². The molecule has 8 heteroatoms. The number of carbonyl (C=O) groups is 1.